The molecule has 0 saturated carbocycles. The monoisotopic (exact) mass is 257 g/mol. The fourth-order valence-corrected chi connectivity index (χ4v) is 2.38. The molecule has 0 amide bonds. The second-order valence-corrected chi connectivity index (χ2v) is 5.25. The van der Waals surface area contributed by atoms with Crippen molar-refractivity contribution < 1.29 is 4.79 Å². The van der Waals surface area contributed by atoms with Gasteiger partial charge in [0.05, 0.1) is 0 Å². The molecule has 2 aromatic carbocycles. The number of hydrogen-bond acceptors (Lipinski definition) is 3. The van der Waals surface area contributed by atoms with Gasteiger partial charge in [-0.2, -0.15) is 0 Å². The minimum Gasteiger partial charge on any atom is -0.399 e. The van der Waals surface area contributed by atoms with Gasteiger partial charge in [-0.3, -0.25) is 4.79 Å². The Balaban J connectivity index is 2.23. The van der Waals surface area contributed by atoms with Crippen molar-refractivity contribution in [2.75, 3.05) is 11.5 Å². The van der Waals surface area contributed by atoms with Gasteiger partial charge >= 0.3 is 0 Å². The predicted molar refractivity (Wildman–Crippen MR) is 77.1 cm³/mol. The number of ketones is 1. The van der Waals surface area contributed by atoms with Crippen molar-refractivity contribution in [3.8, 4) is 0 Å². The Morgan fingerprint density at radius 1 is 1.11 bits per heavy atom. The summed E-state index contributed by atoms with van der Waals surface area (Å²) >= 11 is 1.76. The molecule has 0 radical (unpaired) electrons. The van der Waals surface area contributed by atoms with Gasteiger partial charge in [-0.15, -0.1) is 11.8 Å². The topological polar surface area (TPSA) is 43.1 Å². The normalized spacial score (nSPS) is 10.3. The Kier molecular flexibility index (Phi) is 4.05. The molecule has 0 spiro atoms. The van der Waals surface area contributed by atoms with Gasteiger partial charge in [0.15, 0.2) is 5.78 Å². The lowest BCUT2D eigenvalue weighted by molar-refractivity contribution is 0.103. The Hall–Kier alpha value is -1.74. The molecule has 0 heterocycles. The summed E-state index contributed by atoms with van der Waals surface area (Å²) in [6, 6.07) is 14.8. The molecule has 2 rings (SSSR count). The molecule has 0 atom stereocenters. The Morgan fingerprint density at radius 3 is 2.44 bits per heavy atom. The smallest absolute Gasteiger partial charge is 0.193 e. The molecule has 0 aliphatic heterocycles. The van der Waals surface area contributed by atoms with E-state index in [0.29, 0.717) is 16.8 Å². The first-order chi connectivity index (χ1) is 8.70. The third-order valence-corrected chi connectivity index (χ3v) is 3.47. The predicted octanol–water partition coefficient (Wildman–Crippen LogP) is 3.61. The molecule has 2 nitrogen and oxygen atoms in total. The van der Waals surface area contributed by atoms with Gasteiger partial charge in [0.1, 0.15) is 0 Å². The Bertz CT molecular complexity index is 549. The van der Waals surface area contributed by atoms with E-state index in [-0.39, 0.29) is 5.78 Å². The number of nitrogens with two attached hydrogens (primary N) is 1. The molecule has 2 N–H and O–H groups in total. The van der Waals surface area contributed by atoms with Crippen LogP contribution >= 0.6 is 11.8 Å². The number of nitrogen functional groups attached to an aromatic ring is 1. The van der Waals surface area contributed by atoms with E-state index in [1.807, 2.05) is 24.3 Å². The highest BCUT2D eigenvalue weighted by molar-refractivity contribution is 7.99. The molecule has 0 bridgehead atoms. The first-order valence-electron chi connectivity index (χ1n) is 5.84. The number of carbonyl (C=O) groups is 1. The van der Waals surface area contributed by atoms with Crippen LogP contribution in [0.2, 0.25) is 0 Å². The van der Waals surface area contributed by atoms with Gasteiger partial charge < -0.3 is 5.73 Å². The summed E-state index contributed by atoms with van der Waals surface area (Å²) in [7, 11) is 0. The number of rotatable bonds is 4. The van der Waals surface area contributed by atoms with Crippen LogP contribution in [0.25, 0.3) is 0 Å². The number of hydrogen-bond donors (Lipinski definition) is 1. The van der Waals surface area contributed by atoms with Crippen LogP contribution in [0, 0.1) is 0 Å². The van der Waals surface area contributed by atoms with Crippen LogP contribution in [0.3, 0.4) is 0 Å². The van der Waals surface area contributed by atoms with Crippen molar-refractivity contribution in [3.63, 3.8) is 0 Å². The first-order valence-corrected chi connectivity index (χ1v) is 6.82. The largest absolute Gasteiger partial charge is 0.399 e. The van der Waals surface area contributed by atoms with E-state index in [2.05, 4.69) is 6.92 Å². The van der Waals surface area contributed by atoms with Crippen LogP contribution in [-0.2, 0) is 0 Å². The van der Waals surface area contributed by atoms with Crippen molar-refractivity contribution in [3.05, 3.63) is 59.7 Å². The lowest BCUT2D eigenvalue weighted by atomic mass is 10.0. The third kappa shape index (κ3) is 2.93. The van der Waals surface area contributed by atoms with Crippen molar-refractivity contribution >= 4 is 23.2 Å². The van der Waals surface area contributed by atoms with Crippen molar-refractivity contribution in [2.45, 2.75) is 11.8 Å². The summed E-state index contributed by atoms with van der Waals surface area (Å²) < 4.78 is 0. The highest BCUT2D eigenvalue weighted by atomic mass is 32.2. The molecule has 0 fully saturated rings. The highest BCUT2D eigenvalue weighted by Crippen LogP contribution is 2.19. The van der Waals surface area contributed by atoms with Crippen LogP contribution in [0.5, 0.6) is 0 Å². The quantitative estimate of drug-likeness (QED) is 0.517. The van der Waals surface area contributed by atoms with Crippen LogP contribution in [0.1, 0.15) is 22.8 Å². The zero-order chi connectivity index (χ0) is 13.0. The zero-order valence-electron chi connectivity index (χ0n) is 10.2. The second kappa shape index (κ2) is 5.74. The van der Waals surface area contributed by atoms with Gasteiger partial charge in [-0.1, -0.05) is 19.1 Å². The van der Waals surface area contributed by atoms with E-state index in [9.17, 15) is 4.79 Å². The average molecular weight is 257 g/mol. The van der Waals surface area contributed by atoms with Gasteiger partial charge in [0.2, 0.25) is 0 Å². The average Bonchev–Trinajstić information content (AvgIpc) is 2.39. The van der Waals surface area contributed by atoms with E-state index in [0.717, 1.165) is 5.75 Å². The van der Waals surface area contributed by atoms with Crippen molar-refractivity contribution in [1.29, 1.82) is 0 Å². The number of anilines is 1. The molecule has 0 unspecified atom stereocenters. The van der Waals surface area contributed by atoms with Gasteiger partial charge in [0, 0.05) is 21.7 Å². The molecule has 18 heavy (non-hydrogen) atoms. The standard InChI is InChI=1S/C15H15NOS/c1-2-18-14-8-6-11(7-9-14)15(17)12-4-3-5-13(16)10-12/h3-10H,2,16H2,1H3. The van der Waals surface area contributed by atoms with E-state index in [4.69, 9.17) is 5.73 Å². The van der Waals surface area contributed by atoms with Gasteiger partial charge in [-0.25, -0.2) is 0 Å². The summed E-state index contributed by atoms with van der Waals surface area (Å²) in [5.74, 6) is 1.04. The molecule has 3 heteroatoms. The minimum atomic E-state index is 0.00958. The van der Waals surface area contributed by atoms with Gasteiger partial charge in [0.25, 0.3) is 0 Å². The van der Waals surface area contributed by atoms with Crippen LogP contribution in [0.4, 0.5) is 5.69 Å². The number of carbonyl (C=O) groups excluding carboxylic acids is 1. The van der Waals surface area contributed by atoms with Crippen LogP contribution in [0.15, 0.2) is 53.4 Å². The molecule has 0 aliphatic carbocycles. The van der Waals surface area contributed by atoms with Gasteiger partial charge in [-0.05, 0) is 42.2 Å². The Morgan fingerprint density at radius 2 is 1.83 bits per heavy atom. The van der Waals surface area contributed by atoms with E-state index < -0.39 is 0 Å². The molecule has 0 saturated heterocycles. The SMILES string of the molecule is CCSc1ccc(C(=O)c2cccc(N)c2)cc1. The lowest BCUT2D eigenvalue weighted by Gasteiger charge is -2.03. The van der Waals surface area contributed by atoms with Crippen molar-refractivity contribution in [1.82, 2.24) is 0 Å². The fraction of sp³-hybridized carbons (Fsp3) is 0.133. The molecule has 92 valence electrons. The van der Waals surface area contributed by atoms with Crippen LogP contribution in [-0.4, -0.2) is 11.5 Å². The number of benzene rings is 2. The molecular weight excluding hydrogens is 242 g/mol. The first kappa shape index (κ1) is 12.7. The molecule has 0 aromatic heterocycles. The molecular formula is C15H15NOS. The fourth-order valence-electron chi connectivity index (χ4n) is 1.72. The summed E-state index contributed by atoms with van der Waals surface area (Å²) in [6.45, 7) is 2.11. The maximum atomic E-state index is 12.2. The summed E-state index contributed by atoms with van der Waals surface area (Å²) in [5.41, 5.74) is 7.62. The Labute approximate surface area is 111 Å². The highest BCUT2D eigenvalue weighted by Gasteiger charge is 2.08. The van der Waals surface area contributed by atoms with E-state index >= 15 is 0 Å². The van der Waals surface area contributed by atoms with Crippen molar-refractivity contribution in [2.24, 2.45) is 0 Å². The summed E-state index contributed by atoms with van der Waals surface area (Å²) in [4.78, 5) is 13.4. The maximum Gasteiger partial charge on any atom is 0.193 e. The summed E-state index contributed by atoms with van der Waals surface area (Å²) in [5, 5.41) is 0. The summed E-state index contributed by atoms with van der Waals surface area (Å²) in [6.07, 6.45) is 0. The molecule has 2 aromatic rings. The van der Waals surface area contributed by atoms with E-state index in [1.54, 1.807) is 36.0 Å². The second-order valence-electron chi connectivity index (χ2n) is 3.91. The molecule has 0 aliphatic rings. The maximum absolute atomic E-state index is 12.2. The lowest BCUT2D eigenvalue weighted by Crippen LogP contribution is -2.01. The zero-order valence-corrected chi connectivity index (χ0v) is 11.0. The van der Waals surface area contributed by atoms with E-state index in [1.165, 1.54) is 4.90 Å². The number of thioether (sulfide) groups is 1. The third-order valence-electron chi connectivity index (χ3n) is 2.58. The van der Waals surface area contributed by atoms with Crippen LogP contribution < -0.4 is 5.73 Å². The minimum absolute atomic E-state index is 0.00958.